The van der Waals surface area contributed by atoms with Gasteiger partial charge in [0.2, 0.25) is 5.91 Å². The van der Waals surface area contributed by atoms with Crippen LogP contribution in [0.25, 0.3) is 0 Å². The zero-order valence-corrected chi connectivity index (χ0v) is 14.4. The molecule has 0 aliphatic carbocycles. The lowest BCUT2D eigenvalue weighted by Gasteiger charge is -2.07. The fourth-order valence-electron chi connectivity index (χ4n) is 1.90. The largest absolute Gasteiger partial charge is 0.487 e. The second-order valence-corrected chi connectivity index (χ2v) is 5.98. The summed E-state index contributed by atoms with van der Waals surface area (Å²) < 4.78 is 6.49. The highest BCUT2D eigenvalue weighted by Gasteiger charge is 2.13. The van der Waals surface area contributed by atoms with E-state index in [0.717, 1.165) is 9.26 Å². The first kappa shape index (κ1) is 17.2. The number of amides is 1. The third-order valence-corrected chi connectivity index (χ3v) is 3.71. The Morgan fingerprint density at radius 3 is 2.57 bits per heavy atom. The van der Waals surface area contributed by atoms with E-state index in [4.69, 9.17) is 4.74 Å². The normalized spacial score (nSPS) is 10.1. The molecule has 1 amide bonds. The van der Waals surface area contributed by atoms with Gasteiger partial charge in [-0.3, -0.25) is 14.9 Å². The van der Waals surface area contributed by atoms with Crippen LogP contribution in [0.3, 0.4) is 0 Å². The van der Waals surface area contributed by atoms with E-state index in [1.807, 2.05) is 24.3 Å². The van der Waals surface area contributed by atoms with Crippen LogP contribution in [0.15, 0.2) is 48.5 Å². The summed E-state index contributed by atoms with van der Waals surface area (Å²) in [5, 5.41) is 13.6. The molecular formula is C16H15IN2O4. The summed E-state index contributed by atoms with van der Waals surface area (Å²) in [4.78, 5) is 22.2. The molecule has 0 aliphatic rings. The molecule has 6 nitrogen and oxygen atoms in total. The Balaban J connectivity index is 1.76. The van der Waals surface area contributed by atoms with E-state index in [-0.39, 0.29) is 30.4 Å². The number of anilines is 1. The molecule has 0 bridgehead atoms. The Bertz CT molecular complexity index is 689. The van der Waals surface area contributed by atoms with Crippen LogP contribution in [-0.4, -0.2) is 17.4 Å². The molecule has 0 saturated carbocycles. The topological polar surface area (TPSA) is 81.5 Å². The number of hydrogen-bond acceptors (Lipinski definition) is 4. The molecule has 7 heteroatoms. The van der Waals surface area contributed by atoms with Crippen molar-refractivity contribution >= 4 is 39.9 Å². The van der Waals surface area contributed by atoms with Crippen molar-refractivity contribution in [2.24, 2.45) is 0 Å². The number of carbonyl (C=O) groups is 1. The average Bonchev–Trinajstić information content (AvgIpc) is 2.54. The van der Waals surface area contributed by atoms with Gasteiger partial charge in [0.15, 0.2) is 5.75 Å². The van der Waals surface area contributed by atoms with E-state index < -0.39 is 4.92 Å². The number of para-hydroxylation sites is 2. The highest BCUT2D eigenvalue weighted by atomic mass is 127. The summed E-state index contributed by atoms with van der Waals surface area (Å²) in [5.41, 5.74) is 0.672. The van der Waals surface area contributed by atoms with Crippen molar-refractivity contribution < 1.29 is 14.5 Å². The minimum atomic E-state index is -0.487. The van der Waals surface area contributed by atoms with Crippen molar-refractivity contribution in [2.75, 3.05) is 11.9 Å². The second kappa shape index (κ2) is 8.47. The van der Waals surface area contributed by atoms with Gasteiger partial charge in [0.25, 0.3) is 0 Å². The van der Waals surface area contributed by atoms with Crippen LogP contribution in [0.4, 0.5) is 11.4 Å². The monoisotopic (exact) mass is 426 g/mol. The first-order chi connectivity index (χ1) is 11.1. The Morgan fingerprint density at radius 1 is 1.17 bits per heavy atom. The molecule has 0 saturated heterocycles. The fraction of sp³-hybridized carbons (Fsp3) is 0.188. The van der Waals surface area contributed by atoms with Crippen LogP contribution in [0.2, 0.25) is 0 Å². The van der Waals surface area contributed by atoms with Gasteiger partial charge in [-0.2, -0.15) is 0 Å². The maximum Gasteiger partial charge on any atom is 0.310 e. The number of hydrogen-bond donors (Lipinski definition) is 1. The van der Waals surface area contributed by atoms with Gasteiger partial charge in [0.1, 0.15) is 0 Å². The van der Waals surface area contributed by atoms with E-state index >= 15 is 0 Å². The molecule has 0 unspecified atom stereocenters. The molecule has 0 aromatic heterocycles. The second-order valence-electron chi connectivity index (χ2n) is 4.73. The van der Waals surface area contributed by atoms with E-state index in [2.05, 4.69) is 27.9 Å². The summed E-state index contributed by atoms with van der Waals surface area (Å²) >= 11 is 2.19. The molecule has 120 valence electrons. The summed E-state index contributed by atoms with van der Waals surface area (Å²) in [6.07, 6.45) is 0.759. The Hall–Kier alpha value is -2.16. The number of nitro groups is 1. The third-order valence-electron chi connectivity index (χ3n) is 3.00. The quantitative estimate of drug-likeness (QED) is 0.314. The van der Waals surface area contributed by atoms with Gasteiger partial charge in [0.05, 0.1) is 11.5 Å². The molecule has 0 aliphatic heterocycles. The van der Waals surface area contributed by atoms with Crippen LogP contribution >= 0.6 is 22.6 Å². The van der Waals surface area contributed by atoms with Crippen molar-refractivity contribution in [2.45, 2.75) is 12.8 Å². The summed E-state index contributed by atoms with van der Waals surface area (Å²) in [7, 11) is 0. The molecule has 0 heterocycles. The van der Waals surface area contributed by atoms with Crippen molar-refractivity contribution in [1.82, 2.24) is 0 Å². The maximum absolute atomic E-state index is 11.8. The van der Waals surface area contributed by atoms with E-state index in [9.17, 15) is 14.9 Å². The van der Waals surface area contributed by atoms with Crippen molar-refractivity contribution in [1.29, 1.82) is 0 Å². The molecule has 23 heavy (non-hydrogen) atoms. The number of rotatable bonds is 7. The SMILES string of the molecule is O=C(CCCOc1ccccc1[N+](=O)[O-])Nc1ccc(I)cc1. The smallest absolute Gasteiger partial charge is 0.310 e. The third kappa shape index (κ3) is 5.51. The highest BCUT2D eigenvalue weighted by molar-refractivity contribution is 14.1. The van der Waals surface area contributed by atoms with Gasteiger partial charge in [-0.05, 0) is 59.3 Å². The number of nitro benzene ring substituents is 1. The standard InChI is InChI=1S/C16H15IN2O4/c17-12-7-9-13(10-8-12)18-16(20)6-3-11-23-15-5-2-1-4-14(15)19(21)22/h1-2,4-5,7-10H,3,6,11H2,(H,18,20). The molecule has 2 aromatic rings. The molecule has 0 fully saturated rings. The number of ether oxygens (including phenoxy) is 1. The van der Waals surface area contributed by atoms with Gasteiger partial charge < -0.3 is 10.1 Å². The number of halogens is 1. The fourth-order valence-corrected chi connectivity index (χ4v) is 2.26. The maximum atomic E-state index is 11.8. The molecule has 0 spiro atoms. The lowest BCUT2D eigenvalue weighted by atomic mass is 10.2. The molecule has 1 N–H and O–H groups in total. The number of benzene rings is 2. The van der Waals surface area contributed by atoms with Crippen LogP contribution < -0.4 is 10.1 Å². The van der Waals surface area contributed by atoms with Crippen LogP contribution in [0.1, 0.15) is 12.8 Å². The number of nitrogens with one attached hydrogen (secondary N) is 1. The van der Waals surface area contributed by atoms with Gasteiger partial charge in [0, 0.05) is 21.7 Å². The molecular weight excluding hydrogens is 411 g/mol. The predicted molar refractivity (Wildman–Crippen MR) is 95.6 cm³/mol. The molecule has 2 rings (SSSR count). The Labute approximate surface area is 147 Å². The van der Waals surface area contributed by atoms with Crippen molar-refractivity contribution in [3.8, 4) is 5.75 Å². The summed E-state index contributed by atoms with van der Waals surface area (Å²) in [6, 6.07) is 13.7. The number of nitrogens with zero attached hydrogens (tertiary/aromatic N) is 1. The Kier molecular flexibility index (Phi) is 6.33. The molecule has 0 atom stereocenters. The van der Waals surface area contributed by atoms with Crippen molar-refractivity contribution in [3.05, 3.63) is 62.2 Å². The average molecular weight is 426 g/mol. The lowest BCUT2D eigenvalue weighted by Crippen LogP contribution is -2.12. The van der Waals surface area contributed by atoms with Gasteiger partial charge in [-0.1, -0.05) is 12.1 Å². The zero-order chi connectivity index (χ0) is 16.7. The summed E-state index contributed by atoms with van der Waals surface area (Å²) in [5.74, 6) is 0.105. The van der Waals surface area contributed by atoms with Crippen LogP contribution in [-0.2, 0) is 4.79 Å². The van der Waals surface area contributed by atoms with E-state index in [1.165, 1.54) is 6.07 Å². The van der Waals surface area contributed by atoms with E-state index in [0.29, 0.717) is 6.42 Å². The van der Waals surface area contributed by atoms with Crippen molar-refractivity contribution in [3.63, 3.8) is 0 Å². The first-order valence-electron chi connectivity index (χ1n) is 6.98. The van der Waals surface area contributed by atoms with Gasteiger partial charge in [-0.25, -0.2) is 0 Å². The minimum Gasteiger partial charge on any atom is -0.487 e. The minimum absolute atomic E-state index is 0.0733. The predicted octanol–water partition coefficient (Wildman–Crippen LogP) is 4.00. The molecule has 0 radical (unpaired) electrons. The van der Waals surface area contributed by atoms with E-state index in [1.54, 1.807) is 18.2 Å². The lowest BCUT2D eigenvalue weighted by molar-refractivity contribution is -0.385. The Morgan fingerprint density at radius 2 is 1.87 bits per heavy atom. The highest BCUT2D eigenvalue weighted by Crippen LogP contribution is 2.25. The molecule has 2 aromatic carbocycles. The van der Waals surface area contributed by atoms with Gasteiger partial charge in [-0.15, -0.1) is 0 Å². The van der Waals surface area contributed by atoms with Gasteiger partial charge >= 0.3 is 5.69 Å². The first-order valence-corrected chi connectivity index (χ1v) is 8.06. The van der Waals surface area contributed by atoms with Crippen LogP contribution in [0, 0.1) is 13.7 Å². The van der Waals surface area contributed by atoms with Crippen LogP contribution in [0.5, 0.6) is 5.75 Å². The zero-order valence-electron chi connectivity index (χ0n) is 12.2. The summed E-state index contributed by atoms with van der Waals surface area (Å²) in [6.45, 7) is 0.241. The number of carbonyl (C=O) groups excluding carboxylic acids is 1.